The number of hydrogen-bond acceptors (Lipinski definition) is 4. The largest absolute Gasteiger partial charge is 0.355 e. The number of nitrogens with one attached hydrogen (secondary N) is 1. The van der Waals surface area contributed by atoms with Gasteiger partial charge in [-0.1, -0.05) is 12.1 Å². The first-order valence-corrected chi connectivity index (χ1v) is 4.83. The Balaban J connectivity index is 2.63. The SMILES string of the molecule is NCCNC(=O)Cc1cccc([N+](=O)[O-])c1. The molecule has 1 rings (SSSR count). The molecule has 6 heteroatoms. The van der Waals surface area contributed by atoms with E-state index in [1.54, 1.807) is 12.1 Å². The summed E-state index contributed by atoms with van der Waals surface area (Å²) in [5.41, 5.74) is 5.83. The average molecular weight is 223 g/mol. The van der Waals surface area contributed by atoms with E-state index < -0.39 is 4.92 Å². The summed E-state index contributed by atoms with van der Waals surface area (Å²) in [6, 6.07) is 6.02. The van der Waals surface area contributed by atoms with Gasteiger partial charge in [-0.2, -0.15) is 0 Å². The second kappa shape index (κ2) is 5.82. The summed E-state index contributed by atoms with van der Waals surface area (Å²) in [7, 11) is 0. The third-order valence-corrected chi connectivity index (χ3v) is 1.95. The molecule has 1 amide bonds. The first kappa shape index (κ1) is 12.1. The molecule has 0 aliphatic carbocycles. The zero-order chi connectivity index (χ0) is 12.0. The zero-order valence-corrected chi connectivity index (χ0v) is 8.68. The maximum Gasteiger partial charge on any atom is 0.269 e. The minimum atomic E-state index is -0.485. The van der Waals surface area contributed by atoms with Crippen LogP contribution in [-0.2, 0) is 11.2 Å². The van der Waals surface area contributed by atoms with E-state index >= 15 is 0 Å². The minimum Gasteiger partial charge on any atom is -0.355 e. The van der Waals surface area contributed by atoms with Gasteiger partial charge in [0.15, 0.2) is 0 Å². The second-order valence-electron chi connectivity index (χ2n) is 3.24. The van der Waals surface area contributed by atoms with Gasteiger partial charge < -0.3 is 11.1 Å². The molecule has 86 valence electrons. The molecule has 0 spiro atoms. The summed E-state index contributed by atoms with van der Waals surface area (Å²) in [5.74, 6) is -0.189. The smallest absolute Gasteiger partial charge is 0.269 e. The van der Waals surface area contributed by atoms with E-state index in [0.717, 1.165) is 0 Å². The number of nitro groups is 1. The summed E-state index contributed by atoms with van der Waals surface area (Å²) < 4.78 is 0. The third kappa shape index (κ3) is 3.66. The molecule has 0 bridgehead atoms. The topological polar surface area (TPSA) is 98.3 Å². The van der Waals surface area contributed by atoms with Gasteiger partial charge in [-0.3, -0.25) is 14.9 Å². The van der Waals surface area contributed by atoms with E-state index in [9.17, 15) is 14.9 Å². The van der Waals surface area contributed by atoms with Crippen LogP contribution < -0.4 is 11.1 Å². The van der Waals surface area contributed by atoms with Crippen molar-refractivity contribution in [3.63, 3.8) is 0 Å². The van der Waals surface area contributed by atoms with Crippen molar-refractivity contribution in [2.45, 2.75) is 6.42 Å². The number of amides is 1. The molecule has 0 saturated carbocycles. The fourth-order valence-corrected chi connectivity index (χ4v) is 1.24. The van der Waals surface area contributed by atoms with E-state index in [2.05, 4.69) is 5.32 Å². The number of carbonyl (C=O) groups is 1. The first-order valence-electron chi connectivity index (χ1n) is 4.83. The normalized spacial score (nSPS) is 9.81. The predicted molar refractivity (Wildman–Crippen MR) is 58.9 cm³/mol. The average Bonchev–Trinajstić information content (AvgIpc) is 2.26. The molecular formula is C10H13N3O3. The molecule has 0 heterocycles. The lowest BCUT2D eigenvalue weighted by Gasteiger charge is -2.03. The monoisotopic (exact) mass is 223 g/mol. The first-order chi connectivity index (χ1) is 7.63. The Labute approximate surface area is 92.6 Å². The minimum absolute atomic E-state index is 0.0101. The molecule has 0 aromatic heterocycles. The van der Waals surface area contributed by atoms with Crippen LogP contribution in [0.15, 0.2) is 24.3 Å². The van der Waals surface area contributed by atoms with Crippen molar-refractivity contribution in [1.82, 2.24) is 5.32 Å². The lowest BCUT2D eigenvalue weighted by atomic mass is 10.1. The fourth-order valence-electron chi connectivity index (χ4n) is 1.24. The summed E-state index contributed by atoms with van der Waals surface area (Å²) in [5, 5.41) is 13.1. The van der Waals surface area contributed by atoms with Gasteiger partial charge in [0.1, 0.15) is 0 Å². The van der Waals surface area contributed by atoms with E-state index in [-0.39, 0.29) is 18.0 Å². The van der Waals surface area contributed by atoms with Crippen molar-refractivity contribution in [2.24, 2.45) is 5.73 Å². The van der Waals surface area contributed by atoms with Crippen molar-refractivity contribution < 1.29 is 9.72 Å². The predicted octanol–water partition coefficient (Wildman–Crippen LogP) is 0.212. The molecule has 16 heavy (non-hydrogen) atoms. The fraction of sp³-hybridized carbons (Fsp3) is 0.300. The van der Waals surface area contributed by atoms with Crippen LogP contribution in [0, 0.1) is 10.1 Å². The van der Waals surface area contributed by atoms with Crippen LogP contribution in [0.4, 0.5) is 5.69 Å². The van der Waals surface area contributed by atoms with Gasteiger partial charge in [-0.05, 0) is 5.56 Å². The zero-order valence-electron chi connectivity index (χ0n) is 8.68. The maximum atomic E-state index is 11.3. The molecule has 0 saturated heterocycles. The van der Waals surface area contributed by atoms with E-state index in [0.29, 0.717) is 18.7 Å². The lowest BCUT2D eigenvalue weighted by Crippen LogP contribution is -2.30. The van der Waals surface area contributed by atoms with Gasteiger partial charge in [-0.25, -0.2) is 0 Å². The highest BCUT2D eigenvalue weighted by Gasteiger charge is 2.08. The number of benzene rings is 1. The van der Waals surface area contributed by atoms with Gasteiger partial charge in [0.25, 0.3) is 5.69 Å². The van der Waals surface area contributed by atoms with Crippen LogP contribution in [-0.4, -0.2) is 23.9 Å². The van der Waals surface area contributed by atoms with Crippen molar-refractivity contribution in [2.75, 3.05) is 13.1 Å². The molecular weight excluding hydrogens is 210 g/mol. The van der Waals surface area contributed by atoms with Crippen LogP contribution in [0.5, 0.6) is 0 Å². The highest BCUT2D eigenvalue weighted by Crippen LogP contribution is 2.13. The van der Waals surface area contributed by atoms with Crippen molar-refractivity contribution >= 4 is 11.6 Å². The third-order valence-electron chi connectivity index (χ3n) is 1.95. The maximum absolute atomic E-state index is 11.3. The van der Waals surface area contributed by atoms with Gasteiger partial charge in [0, 0.05) is 25.2 Å². The highest BCUT2D eigenvalue weighted by molar-refractivity contribution is 5.78. The van der Waals surface area contributed by atoms with E-state index in [1.165, 1.54) is 12.1 Å². The number of non-ortho nitro benzene ring substituents is 1. The van der Waals surface area contributed by atoms with Crippen molar-refractivity contribution in [3.05, 3.63) is 39.9 Å². The summed E-state index contributed by atoms with van der Waals surface area (Å²) in [6.07, 6.45) is 0.127. The van der Waals surface area contributed by atoms with Gasteiger partial charge in [0.2, 0.25) is 5.91 Å². The molecule has 0 radical (unpaired) electrons. The Morgan fingerprint density at radius 1 is 1.50 bits per heavy atom. The van der Waals surface area contributed by atoms with E-state index in [1.807, 2.05) is 0 Å². The number of nitro benzene ring substituents is 1. The molecule has 0 fully saturated rings. The van der Waals surface area contributed by atoms with Crippen LogP contribution in [0.2, 0.25) is 0 Å². The van der Waals surface area contributed by atoms with Crippen LogP contribution in [0.3, 0.4) is 0 Å². The molecule has 1 aromatic rings. The van der Waals surface area contributed by atoms with Crippen molar-refractivity contribution in [3.8, 4) is 0 Å². The Morgan fingerprint density at radius 2 is 2.25 bits per heavy atom. The van der Waals surface area contributed by atoms with Crippen LogP contribution in [0.1, 0.15) is 5.56 Å². The Hall–Kier alpha value is -1.95. The molecule has 0 aliphatic heterocycles. The Kier molecular flexibility index (Phi) is 4.41. The number of hydrogen-bond donors (Lipinski definition) is 2. The van der Waals surface area contributed by atoms with E-state index in [4.69, 9.17) is 5.73 Å². The molecule has 0 atom stereocenters. The molecule has 3 N–H and O–H groups in total. The lowest BCUT2D eigenvalue weighted by molar-refractivity contribution is -0.384. The van der Waals surface area contributed by atoms with Crippen molar-refractivity contribution in [1.29, 1.82) is 0 Å². The molecule has 0 unspecified atom stereocenters. The van der Waals surface area contributed by atoms with Crippen LogP contribution >= 0.6 is 0 Å². The van der Waals surface area contributed by atoms with Gasteiger partial charge in [0.05, 0.1) is 11.3 Å². The Morgan fingerprint density at radius 3 is 2.88 bits per heavy atom. The summed E-state index contributed by atoms with van der Waals surface area (Å²) in [4.78, 5) is 21.3. The van der Waals surface area contributed by atoms with Gasteiger partial charge in [-0.15, -0.1) is 0 Å². The standard InChI is InChI=1S/C10H13N3O3/c11-4-5-12-10(14)7-8-2-1-3-9(6-8)13(15)16/h1-3,6H,4-5,7,11H2,(H,12,14). The second-order valence-corrected chi connectivity index (χ2v) is 3.24. The highest BCUT2D eigenvalue weighted by atomic mass is 16.6. The number of rotatable bonds is 5. The number of nitrogens with two attached hydrogens (primary N) is 1. The summed E-state index contributed by atoms with van der Waals surface area (Å²) >= 11 is 0. The molecule has 6 nitrogen and oxygen atoms in total. The Bertz CT molecular complexity index is 393. The molecule has 1 aromatic carbocycles. The quantitative estimate of drug-likeness (QED) is 0.550. The number of nitrogens with zero attached hydrogens (tertiary/aromatic N) is 1. The molecule has 0 aliphatic rings. The van der Waals surface area contributed by atoms with Crippen LogP contribution in [0.25, 0.3) is 0 Å². The number of carbonyl (C=O) groups excluding carboxylic acids is 1. The van der Waals surface area contributed by atoms with Gasteiger partial charge >= 0.3 is 0 Å². The summed E-state index contributed by atoms with van der Waals surface area (Å²) in [6.45, 7) is 0.786.